The minimum Gasteiger partial charge on any atom is -0.486 e. The zero-order valence-corrected chi connectivity index (χ0v) is 18.2. The molecule has 0 radical (unpaired) electrons. The van der Waals surface area contributed by atoms with Crippen molar-refractivity contribution in [3.63, 3.8) is 0 Å². The molecule has 1 fully saturated rings. The number of amides is 4. The van der Waals surface area contributed by atoms with Crippen molar-refractivity contribution in [2.45, 2.75) is 5.54 Å². The Labute approximate surface area is 198 Å². The summed E-state index contributed by atoms with van der Waals surface area (Å²) in [5, 5.41) is 5.26. The Bertz CT molecular complexity index is 1270. The summed E-state index contributed by atoms with van der Waals surface area (Å²) >= 11 is 0. The predicted molar refractivity (Wildman–Crippen MR) is 120 cm³/mol. The summed E-state index contributed by atoms with van der Waals surface area (Å²) in [7, 11) is 0. The van der Waals surface area contributed by atoms with Crippen LogP contribution in [0.4, 0.5) is 19.3 Å². The number of benzene rings is 3. The number of rotatable bonds is 5. The Hall–Kier alpha value is -4.47. The number of urea groups is 1. The average Bonchev–Trinajstić information content (AvgIpc) is 3.10. The molecule has 178 valence electrons. The van der Waals surface area contributed by atoms with Gasteiger partial charge in [0.15, 0.2) is 17.0 Å². The van der Waals surface area contributed by atoms with Gasteiger partial charge < -0.3 is 20.1 Å². The molecule has 0 unspecified atom stereocenters. The van der Waals surface area contributed by atoms with Gasteiger partial charge in [-0.15, -0.1) is 0 Å². The van der Waals surface area contributed by atoms with Crippen LogP contribution in [-0.4, -0.2) is 42.5 Å². The monoisotopic (exact) mass is 479 g/mol. The van der Waals surface area contributed by atoms with Gasteiger partial charge in [0.2, 0.25) is 5.91 Å². The van der Waals surface area contributed by atoms with Crippen molar-refractivity contribution >= 4 is 23.5 Å². The van der Waals surface area contributed by atoms with E-state index in [1.165, 1.54) is 24.3 Å². The van der Waals surface area contributed by atoms with Crippen molar-refractivity contribution in [2.24, 2.45) is 0 Å². The molecule has 0 atom stereocenters. The van der Waals surface area contributed by atoms with E-state index in [0.717, 1.165) is 29.2 Å². The second-order valence-electron chi connectivity index (χ2n) is 7.99. The van der Waals surface area contributed by atoms with Crippen molar-refractivity contribution in [1.82, 2.24) is 10.2 Å². The Balaban J connectivity index is 1.42. The fraction of sp³-hybridized carbons (Fsp3) is 0.160. The summed E-state index contributed by atoms with van der Waals surface area (Å²) in [6, 6.07) is 14.0. The molecule has 0 aliphatic carbocycles. The molecule has 0 saturated carbocycles. The van der Waals surface area contributed by atoms with Gasteiger partial charge in [-0.2, -0.15) is 0 Å². The van der Waals surface area contributed by atoms with Crippen LogP contribution < -0.4 is 20.1 Å². The number of carbonyl (C=O) groups excluding carboxylic acids is 3. The van der Waals surface area contributed by atoms with E-state index < -0.39 is 41.6 Å². The minimum atomic E-state index is -1.75. The Morgan fingerprint density at radius 1 is 0.886 bits per heavy atom. The second kappa shape index (κ2) is 8.71. The molecule has 2 aliphatic heterocycles. The van der Waals surface area contributed by atoms with Crippen LogP contribution in [0.25, 0.3) is 0 Å². The number of imide groups is 1. The molecule has 4 amide bonds. The SMILES string of the molecule is O=C(CN1C(=O)NC(c2ccc(F)cc2)(c2ccc(F)cc2)C1=O)Nc1ccc2c(c1)OCCO2. The topological polar surface area (TPSA) is 97.0 Å². The number of hydrogen-bond acceptors (Lipinski definition) is 5. The van der Waals surface area contributed by atoms with Crippen molar-refractivity contribution in [1.29, 1.82) is 0 Å². The normalized spacial score (nSPS) is 16.1. The van der Waals surface area contributed by atoms with E-state index in [2.05, 4.69) is 10.6 Å². The van der Waals surface area contributed by atoms with Crippen LogP contribution in [-0.2, 0) is 15.1 Å². The van der Waals surface area contributed by atoms with Crippen LogP contribution in [0.2, 0.25) is 0 Å². The van der Waals surface area contributed by atoms with E-state index in [9.17, 15) is 23.2 Å². The van der Waals surface area contributed by atoms with E-state index in [1.54, 1.807) is 18.2 Å². The number of carbonyl (C=O) groups is 3. The molecule has 0 bridgehead atoms. The largest absolute Gasteiger partial charge is 0.486 e. The lowest BCUT2D eigenvalue weighted by Gasteiger charge is -2.28. The van der Waals surface area contributed by atoms with Gasteiger partial charge in [0, 0.05) is 11.8 Å². The van der Waals surface area contributed by atoms with Gasteiger partial charge in [0.05, 0.1) is 0 Å². The van der Waals surface area contributed by atoms with E-state index >= 15 is 0 Å². The summed E-state index contributed by atoms with van der Waals surface area (Å²) in [6.45, 7) is 0.222. The molecule has 3 aromatic carbocycles. The molecule has 0 spiro atoms. The highest BCUT2D eigenvalue weighted by atomic mass is 19.1. The number of nitrogens with one attached hydrogen (secondary N) is 2. The maximum atomic E-state index is 13.6. The lowest BCUT2D eigenvalue weighted by atomic mass is 9.82. The van der Waals surface area contributed by atoms with E-state index in [-0.39, 0.29) is 11.1 Å². The molecule has 5 rings (SSSR count). The lowest BCUT2D eigenvalue weighted by Crippen LogP contribution is -2.45. The third-order valence-electron chi connectivity index (χ3n) is 5.79. The third-order valence-corrected chi connectivity index (χ3v) is 5.79. The predicted octanol–water partition coefficient (Wildman–Crippen LogP) is 3.17. The molecule has 10 heteroatoms. The first kappa shape index (κ1) is 22.3. The summed E-state index contributed by atoms with van der Waals surface area (Å²) in [6.07, 6.45) is 0. The fourth-order valence-corrected chi connectivity index (χ4v) is 4.14. The van der Waals surface area contributed by atoms with E-state index in [1.807, 2.05) is 0 Å². The van der Waals surface area contributed by atoms with E-state index in [4.69, 9.17) is 9.47 Å². The summed E-state index contributed by atoms with van der Waals surface area (Å²) < 4.78 is 38.1. The molecular formula is C25H19F2N3O5. The zero-order chi connectivity index (χ0) is 24.6. The Morgan fingerprint density at radius 2 is 1.46 bits per heavy atom. The summed E-state index contributed by atoms with van der Waals surface area (Å²) in [5.74, 6) is -1.43. The number of nitrogens with zero attached hydrogens (tertiary/aromatic N) is 1. The highest BCUT2D eigenvalue weighted by Gasteiger charge is 2.54. The molecule has 3 aromatic rings. The van der Waals surface area contributed by atoms with Crippen molar-refractivity contribution in [2.75, 3.05) is 25.1 Å². The Kier molecular flexibility index (Phi) is 5.56. The maximum absolute atomic E-state index is 13.6. The van der Waals surface area contributed by atoms with Gasteiger partial charge in [-0.1, -0.05) is 24.3 Å². The van der Waals surface area contributed by atoms with Crippen LogP contribution in [0.15, 0.2) is 66.7 Å². The highest BCUT2D eigenvalue weighted by molar-refractivity contribution is 6.12. The molecular weight excluding hydrogens is 460 g/mol. The smallest absolute Gasteiger partial charge is 0.326 e. The highest BCUT2D eigenvalue weighted by Crippen LogP contribution is 2.37. The zero-order valence-electron chi connectivity index (χ0n) is 18.2. The fourth-order valence-electron chi connectivity index (χ4n) is 4.14. The number of fused-ring (bicyclic) bond motifs is 1. The second-order valence-corrected chi connectivity index (χ2v) is 7.99. The lowest BCUT2D eigenvalue weighted by molar-refractivity contribution is -0.133. The third kappa shape index (κ3) is 4.03. The number of halogens is 2. The maximum Gasteiger partial charge on any atom is 0.326 e. The molecule has 1 saturated heterocycles. The van der Waals surface area contributed by atoms with Gasteiger partial charge in [-0.3, -0.25) is 14.5 Å². The molecule has 35 heavy (non-hydrogen) atoms. The van der Waals surface area contributed by atoms with Crippen molar-refractivity contribution in [3.8, 4) is 11.5 Å². The van der Waals surface area contributed by atoms with Gasteiger partial charge in [-0.25, -0.2) is 13.6 Å². The quantitative estimate of drug-likeness (QED) is 0.548. The minimum absolute atomic E-state index is 0.263. The molecule has 2 heterocycles. The molecule has 0 aromatic heterocycles. The number of hydrogen-bond donors (Lipinski definition) is 2. The van der Waals surface area contributed by atoms with Crippen LogP contribution in [0.5, 0.6) is 11.5 Å². The number of ether oxygens (including phenoxy) is 2. The van der Waals surface area contributed by atoms with Gasteiger partial charge in [0.25, 0.3) is 5.91 Å². The van der Waals surface area contributed by atoms with Crippen LogP contribution in [0.1, 0.15) is 11.1 Å². The molecule has 2 aliphatic rings. The standard InChI is InChI=1S/C25H19F2N3O5/c26-17-5-1-15(2-6-17)25(16-3-7-18(27)8-4-16)23(32)30(24(33)29-25)14-22(31)28-19-9-10-20-21(13-19)35-12-11-34-20/h1-10,13H,11-12,14H2,(H,28,31)(H,29,33). The van der Waals surface area contributed by atoms with E-state index in [0.29, 0.717) is 30.4 Å². The average molecular weight is 479 g/mol. The summed E-state index contributed by atoms with van der Waals surface area (Å²) in [5.41, 5.74) is -0.831. The first-order chi connectivity index (χ1) is 16.9. The van der Waals surface area contributed by atoms with Gasteiger partial charge in [0.1, 0.15) is 31.4 Å². The molecule has 2 N–H and O–H groups in total. The van der Waals surface area contributed by atoms with Crippen molar-refractivity contribution in [3.05, 3.63) is 89.5 Å². The molecule has 8 nitrogen and oxygen atoms in total. The van der Waals surface area contributed by atoms with Crippen LogP contribution >= 0.6 is 0 Å². The summed E-state index contributed by atoms with van der Waals surface area (Å²) in [4.78, 5) is 40.0. The van der Waals surface area contributed by atoms with Crippen molar-refractivity contribution < 1.29 is 32.6 Å². The number of anilines is 1. The first-order valence-corrected chi connectivity index (χ1v) is 10.7. The van der Waals surface area contributed by atoms with Gasteiger partial charge >= 0.3 is 6.03 Å². The van der Waals surface area contributed by atoms with Crippen LogP contribution in [0, 0.1) is 11.6 Å². The van der Waals surface area contributed by atoms with Gasteiger partial charge in [-0.05, 0) is 47.5 Å². The Morgan fingerprint density at radius 3 is 2.06 bits per heavy atom. The first-order valence-electron chi connectivity index (χ1n) is 10.7. The van der Waals surface area contributed by atoms with Crippen LogP contribution in [0.3, 0.4) is 0 Å².